The van der Waals surface area contributed by atoms with Crippen LogP contribution in [0.1, 0.15) is 45.5 Å². The van der Waals surface area contributed by atoms with Crippen molar-refractivity contribution in [2.75, 3.05) is 5.73 Å². The predicted octanol–water partition coefficient (Wildman–Crippen LogP) is 3.86. The molecule has 0 saturated heterocycles. The van der Waals surface area contributed by atoms with Crippen molar-refractivity contribution in [3.05, 3.63) is 46.2 Å². The zero-order valence-corrected chi connectivity index (χ0v) is 13.4. The van der Waals surface area contributed by atoms with E-state index in [-0.39, 0.29) is 5.78 Å². The maximum absolute atomic E-state index is 13.0. The van der Waals surface area contributed by atoms with E-state index in [0.29, 0.717) is 16.6 Å². The van der Waals surface area contributed by atoms with E-state index in [4.69, 9.17) is 5.73 Å². The molecule has 112 valence electrons. The van der Waals surface area contributed by atoms with Crippen molar-refractivity contribution < 1.29 is 4.79 Å². The Labute approximate surface area is 132 Å². The van der Waals surface area contributed by atoms with Crippen molar-refractivity contribution in [2.24, 2.45) is 0 Å². The molecule has 3 heterocycles. The number of anilines is 1. The number of hydrogen-bond donors (Lipinski definition) is 1. The van der Waals surface area contributed by atoms with Crippen molar-refractivity contribution in [1.82, 2.24) is 9.55 Å². The van der Waals surface area contributed by atoms with Crippen LogP contribution in [-0.2, 0) is 0 Å². The van der Waals surface area contributed by atoms with E-state index in [9.17, 15) is 4.79 Å². The van der Waals surface area contributed by atoms with E-state index < -0.39 is 0 Å². The minimum atomic E-state index is 0.0144. The van der Waals surface area contributed by atoms with Crippen LogP contribution in [0.5, 0.6) is 0 Å². The maximum atomic E-state index is 13.0. The van der Waals surface area contributed by atoms with E-state index >= 15 is 0 Å². The second kappa shape index (κ2) is 4.68. The van der Waals surface area contributed by atoms with Crippen LogP contribution >= 0.6 is 11.3 Å². The van der Waals surface area contributed by atoms with Crippen molar-refractivity contribution >= 4 is 33.0 Å². The zero-order chi connectivity index (χ0) is 15.4. The molecule has 1 aliphatic carbocycles. The maximum Gasteiger partial charge on any atom is 0.206 e. The van der Waals surface area contributed by atoms with Crippen LogP contribution in [0.15, 0.2) is 24.4 Å². The average Bonchev–Trinajstić information content (AvgIpc) is 3.22. The average molecular weight is 311 g/mol. The number of fused-ring (bicyclic) bond motifs is 1. The van der Waals surface area contributed by atoms with Gasteiger partial charge >= 0.3 is 0 Å². The van der Waals surface area contributed by atoms with Gasteiger partial charge in [0.1, 0.15) is 9.71 Å². The van der Waals surface area contributed by atoms with Crippen molar-refractivity contribution in [1.29, 1.82) is 0 Å². The molecule has 2 N–H and O–H groups in total. The standard InChI is InChI=1S/C17H17N3OS/c1-9-8-13(10(2)20(9)11-5-6-11)15(21)16-14(18)12-4-3-7-19-17(12)22-16/h3-4,7-8,11H,5-6,18H2,1-2H3. The Morgan fingerprint density at radius 2 is 2.18 bits per heavy atom. The highest BCUT2D eigenvalue weighted by molar-refractivity contribution is 7.21. The highest BCUT2D eigenvalue weighted by Crippen LogP contribution is 2.40. The van der Waals surface area contributed by atoms with Gasteiger partial charge in [0, 0.05) is 34.6 Å². The Balaban J connectivity index is 1.84. The zero-order valence-electron chi connectivity index (χ0n) is 12.6. The largest absolute Gasteiger partial charge is 0.397 e. The lowest BCUT2D eigenvalue weighted by molar-refractivity contribution is 0.104. The first-order valence-electron chi connectivity index (χ1n) is 7.44. The molecule has 4 nitrogen and oxygen atoms in total. The summed E-state index contributed by atoms with van der Waals surface area (Å²) in [4.78, 5) is 18.7. The molecule has 3 aromatic heterocycles. The summed E-state index contributed by atoms with van der Waals surface area (Å²) in [6.07, 6.45) is 4.14. The number of aromatic nitrogens is 2. The summed E-state index contributed by atoms with van der Waals surface area (Å²) in [7, 11) is 0. The third-order valence-electron chi connectivity index (χ3n) is 4.35. The van der Waals surface area contributed by atoms with E-state index in [1.54, 1.807) is 6.20 Å². The number of thiophene rings is 1. The van der Waals surface area contributed by atoms with Crippen molar-refractivity contribution in [3.63, 3.8) is 0 Å². The summed E-state index contributed by atoms with van der Waals surface area (Å²) in [5.41, 5.74) is 9.71. The molecule has 4 rings (SSSR count). The topological polar surface area (TPSA) is 60.9 Å². The van der Waals surface area contributed by atoms with Crippen molar-refractivity contribution in [2.45, 2.75) is 32.7 Å². The number of pyridine rings is 1. The van der Waals surface area contributed by atoms with Gasteiger partial charge in [0.15, 0.2) is 0 Å². The fourth-order valence-electron chi connectivity index (χ4n) is 3.14. The first-order valence-corrected chi connectivity index (χ1v) is 8.25. The van der Waals surface area contributed by atoms with Gasteiger partial charge in [0.2, 0.25) is 5.78 Å². The lowest BCUT2D eigenvalue weighted by Crippen LogP contribution is -2.05. The Morgan fingerprint density at radius 1 is 1.41 bits per heavy atom. The number of rotatable bonds is 3. The fraction of sp³-hybridized carbons (Fsp3) is 0.294. The molecule has 3 aromatic rings. The van der Waals surface area contributed by atoms with Crippen LogP contribution in [-0.4, -0.2) is 15.3 Å². The highest BCUT2D eigenvalue weighted by atomic mass is 32.1. The van der Waals surface area contributed by atoms with Gasteiger partial charge in [-0.15, -0.1) is 11.3 Å². The number of hydrogen-bond acceptors (Lipinski definition) is 4. The van der Waals surface area contributed by atoms with Gasteiger partial charge in [-0.25, -0.2) is 4.98 Å². The summed E-state index contributed by atoms with van der Waals surface area (Å²) in [5.74, 6) is 0.0144. The van der Waals surface area contributed by atoms with Crippen LogP contribution in [0, 0.1) is 13.8 Å². The molecule has 0 amide bonds. The van der Waals surface area contributed by atoms with E-state index in [1.165, 1.54) is 24.2 Å². The third kappa shape index (κ3) is 1.89. The Kier molecular flexibility index (Phi) is 2.87. The molecule has 1 aliphatic rings. The van der Waals surface area contributed by atoms with Gasteiger partial charge in [-0.1, -0.05) is 0 Å². The van der Waals surface area contributed by atoms with Crippen molar-refractivity contribution in [3.8, 4) is 0 Å². The lowest BCUT2D eigenvalue weighted by atomic mass is 10.1. The molecular formula is C17H17N3OS. The number of ketones is 1. The molecule has 0 aliphatic heterocycles. The number of nitrogens with zero attached hydrogens (tertiary/aromatic N) is 2. The normalized spacial score (nSPS) is 14.6. The summed E-state index contributed by atoms with van der Waals surface area (Å²) in [5, 5.41) is 0.867. The van der Waals surface area contributed by atoms with Crippen LogP contribution in [0.25, 0.3) is 10.2 Å². The summed E-state index contributed by atoms with van der Waals surface area (Å²) >= 11 is 1.38. The number of nitrogen functional groups attached to an aromatic ring is 1. The highest BCUT2D eigenvalue weighted by Gasteiger charge is 2.29. The lowest BCUT2D eigenvalue weighted by Gasteiger charge is -2.07. The third-order valence-corrected chi connectivity index (χ3v) is 5.48. The second-order valence-electron chi connectivity index (χ2n) is 5.92. The molecule has 22 heavy (non-hydrogen) atoms. The summed E-state index contributed by atoms with van der Waals surface area (Å²) in [6, 6.07) is 6.33. The smallest absolute Gasteiger partial charge is 0.206 e. The molecule has 0 unspecified atom stereocenters. The van der Waals surface area contributed by atoms with Gasteiger partial charge in [-0.2, -0.15) is 0 Å². The molecule has 1 fully saturated rings. The van der Waals surface area contributed by atoms with Crippen LogP contribution in [0.4, 0.5) is 5.69 Å². The molecule has 0 bridgehead atoms. The minimum Gasteiger partial charge on any atom is -0.397 e. The van der Waals surface area contributed by atoms with Crippen LogP contribution in [0.2, 0.25) is 0 Å². The van der Waals surface area contributed by atoms with Crippen LogP contribution < -0.4 is 5.73 Å². The minimum absolute atomic E-state index is 0.0144. The van der Waals surface area contributed by atoms with Crippen LogP contribution in [0.3, 0.4) is 0 Å². The van der Waals surface area contributed by atoms with E-state index in [1.807, 2.05) is 25.1 Å². The van der Waals surface area contributed by atoms with E-state index in [2.05, 4.69) is 16.5 Å². The fourth-order valence-corrected chi connectivity index (χ4v) is 4.16. The Morgan fingerprint density at radius 3 is 2.86 bits per heavy atom. The monoisotopic (exact) mass is 311 g/mol. The molecule has 0 aromatic carbocycles. The Bertz CT molecular complexity index is 902. The number of aryl methyl sites for hydroxylation is 1. The Hall–Kier alpha value is -2.14. The SMILES string of the molecule is Cc1cc(C(=O)c2sc3ncccc3c2N)c(C)n1C1CC1. The number of carbonyl (C=O) groups is 1. The van der Waals surface area contributed by atoms with Gasteiger partial charge in [0.25, 0.3) is 0 Å². The summed E-state index contributed by atoms with van der Waals surface area (Å²) in [6.45, 7) is 4.10. The molecule has 5 heteroatoms. The second-order valence-corrected chi connectivity index (χ2v) is 6.92. The molecule has 1 saturated carbocycles. The summed E-state index contributed by atoms with van der Waals surface area (Å²) < 4.78 is 2.29. The molecular weight excluding hydrogens is 294 g/mol. The number of carbonyl (C=O) groups excluding carboxylic acids is 1. The first kappa shape index (κ1) is 13.5. The molecule has 0 radical (unpaired) electrons. The first-order chi connectivity index (χ1) is 10.6. The van der Waals surface area contributed by atoms with Gasteiger partial charge in [-0.3, -0.25) is 4.79 Å². The number of nitrogens with two attached hydrogens (primary N) is 1. The van der Waals surface area contributed by atoms with Gasteiger partial charge in [0.05, 0.1) is 5.69 Å². The molecule has 0 atom stereocenters. The quantitative estimate of drug-likeness (QED) is 0.747. The van der Waals surface area contributed by atoms with E-state index in [0.717, 1.165) is 27.2 Å². The molecule has 0 spiro atoms. The van der Waals surface area contributed by atoms with Gasteiger partial charge < -0.3 is 10.3 Å². The predicted molar refractivity (Wildman–Crippen MR) is 89.6 cm³/mol. The van der Waals surface area contributed by atoms with Gasteiger partial charge in [-0.05, 0) is 44.9 Å².